The minimum atomic E-state index is -0.883. The van der Waals surface area contributed by atoms with Crippen LogP contribution in [0.5, 0.6) is 0 Å². The molecule has 0 bridgehead atoms. The van der Waals surface area contributed by atoms with E-state index in [1.54, 1.807) is 12.1 Å². The Morgan fingerprint density at radius 1 is 1.32 bits per heavy atom. The van der Waals surface area contributed by atoms with Gasteiger partial charge in [-0.15, -0.1) is 0 Å². The van der Waals surface area contributed by atoms with Gasteiger partial charge in [-0.25, -0.2) is 4.79 Å². The maximum absolute atomic E-state index is 11.2. The Kier molecular flexibility index (Phi) is 3.36. The molecule has 1 aliphatic heterocycles. The predicted octanol–water partition coefficient (Wildman–Crippen LogP) is 3.83. The van der Waals surface area contributed by atoms with E-state index >= 15 is 0 Å². The Morgan fingerprint density at radius 3 is 2.73 bits per heavy atom. The van der Waals surface area contributed by atoms with E-state index in [0.717, 1.165) is 17.7 Å². The van der Waals surface area contributed by atoms with Crippen molar-refractivity contribution in [2.45, 2.75) is 25.7 Å². The lowest BCUT2D eigenvalue weighted by Gasteiger charge is -2.15. The summed E-state index contributed by atoms with van der Waals surface area (Å²) in [5.74, 6) is -0.883. The number of hydrogen-bond donors (Lipinski definition) is 1. The summed E-state index contributed by atoms with van der Waals surface area (Å²) in [7, 11) is 2.03. The fourth-order valence-electron chi connectivity index (χ4n) is 3.24. The SMILES string of the molecule is C[N+]1=C(/C=C/C2=CCC=C2)C(C)(C)c2cc(C(=O)O)ccc21. The first kappa shape index (κ1) is 14.5. The number of nitrogens with zero attached hydrogens (tertiary/aromatic N) is 1. The molecule has 0 aromatic heterocycles. The van der Waals surface area contributed by atoms with Crippen LogP contribution in [-0.2, 0) is 5.41 Å². The third-order valence-electron chi connectivity index (χ3n) is 4.51. The number of hydrogen-bond acceptors (Lipinski definition) is 1. The van der Waals surface area contributed by atoms with Crippen molar-refractivity contribution in [2.75, 3.05) is 7.05 Å². The van der Waals surface area contributed by atoms with E-state index in [1.165, 1.54) is 11.3 Å². The number of benzene rings is 1. The van der Waals surface area contributed by atoms with Crippen LogP contribution in [0.3, 0.4) is 0 Å². The zero-order valence-corrected chi connectivity index (χ0v) is 13.1. The summed E-state index contributed by atoms with van der Waals surface area (Å²) >= 11 is 0. The fourth-order valence-corrected chi connectivity index (χ4v) is 3.24. The van der Waals surface area contributed by atoms with Crippen LogP contribution in [0.15, 0.2) is 54.2 Å². The number of carbonyl (C=O) groups is 1. The van der Waals surface area contributed by atoms with Gasteiger partial charge in [-0.1, -0.05) is 18.2 Å². The number of carboxylic acids is 1. The highest BCUT2D eigenvalue weighted by molar-refractivity contribution is 6.04. The molecular weight excluding hydrogens is 274 g/mol. The van der Waals surface area contributed by atoms with Crippen molar-refractivity contribution in [1.82, 2.24) is 0 Å². The van der Waals surface area contributed by atoms with Gasteiger partial charge in [-0.2, -0.15) is 4.58 Å². The largest absolute Gasteiger partial charge is 0.478 e. The van der Waals surface area contributed by atoms with Gasteiger partial charge >= 0.3 is 5.97 Å². The molecule has 0 radical (unpaired) electrons. The molecule has 0 saturated heterocycles. The second kappa shape index (κ2) is 5.09. The summed E-state index contributed by atoms with van der Waals surface area (Å²) in [4.78, 5) is 11.2. The van der Waals surface area contributed by atoms with Crippen LogP contribution in [0.4, 0.5) is 5.69 Å². The van der Waals surface area contributed by atoms with Crippen molar-refractivity contribution < 1.29 is 14.5 Å². The molecule has 0 spiro atoms. The van der Waals surface area contributed by atoms with Crippen molar-refractivity contribution in [1.29, 1.82) is 0 Å². The summed E-state index contributed by atoms with van der Waals surface area (Å²) in [6.45, 7) is 4.28. The highest BCUT2D eigenvalue weighted by atomic mass is 16.4. The third kappa shape index (κ3) is 2.23. The van der Waals surface area contributed by atoms with Gasteiger partial charge in [0.15, 0.2) is 5.71 Å². The first-order valence-electron chi connectivity index (χ1n) is 7.45. The lowest BCUT2D eigenvalue weighted by molar-refractivity contribution is -0.401. The lowest BCUT2D eigenvalue weighted by Crippen LogP contribution is -2.26. The van der Waals surface area contributed by atoms with Crippen molar-refractivity contribution in [3.63, 3.8) is 0 Å². The maximum atomic E-state index is 11.2. The molecule has 3 heteroatoms. The number of aromatic carboxylic acids is 1. The zero-order chi connectivity index (χ0) is 15.9. The van der Waals surface area contributed by atoms with Crippen molar-refractivity contribution in [3.8, 4) is 0 Å². The number of rotatable bonds is 3. The first-order valence-corrected chi connectivity index (χ1v) is 7.45. The Labute approximate surface area is 130 Å². The number of fused-ring (bicyclic) bond motifs is 1. The molecule has 3 nitrogen and oxygen atoms in total. The van der Waals surface area contributed by atoms with Gasteiger partial charge in [-0.3, -0.25) is 0 Å². The fraction of sp³-hybridized carbons (Fsp3) is 0.263. The molecule has 1 aliphatic carbocycles. The summed E-state index contributed by atoms with van der Waals surface area (Å²) in [5, 5.41) is 9.22. The Morgan fingerprint density at radius 2 is 2.09 bits per heavy atom. The molecule has 112 valence electrons. The molecule has 1 aromatic carbocycles. The molecule has 2 aliphatic rings. The number of carboxylic acid groups (broad SMARTS) is 1. The monoisotopic (exact) mass is 294 g/mol. The van der Waals surface area contributed by atoms with E-state index in [4.69, 9.17) is 0 Å². The van der Waals surface area contributed by atoms with Crippen molar-refractivity contribution in [2.24, 2.45) is 0 Å². The molecule has 0 unspecified atom stereocenters. The summed E-state index contributed by atoms with van der Waals surface area (Å²) < 4.78 is 2.15. The van der Waals surface area contributed by atoms with Gasteiger partial charge < -0.3 is 5.11 Å². The molecule has 0 fully saturated rings. The zero-order valence-electron chi connectivity index (χ0n) is 13.1. The molecule has 1 aromatic rings. The molecule has 0 saturated carbocycles. The summed E-state index contributed by atoms with van der Waals surface area (Å²) in [6.07, 6.45) is 11.7. The average molecular weight is 294 g/mol. The standard InChI is InChI=1S/C19H19NO2/c1-19(2)15-12-14(18(21)22)9-10-16(15)20(3)17(19)11-8-13-6-4-5-7-13/h4,6-12H,5H2,1-3H3/p+1/b11-8+. The summed E-state index contributed by atoms with van der Waals surface area (Å²) in [6, 6.07) is 5.36. The van der Waals surface area contributed by atoms with Gasteiger partial charge in [-0.05, 0) is 44.1 Å². The van der Waals surface area contributed by atoms with E-state index < -0.39 is 5.97 Å². The average Bonchev–Trinajstić information content (AvgIpc) is 3.04. The highest BCUT2D eigenvalue weighted by Crippen LogP contribution is 2.40. The maximum Gasteiger partial charge on any atom is 0.335 e. The normalized spacial score (nSPS) is 19.0. The number of allylic oxidation sites excluding steroid dienone is 6. The van der Waals surface area contributed by atoms with Gasteiger partial charge in [0.25, 0.3) is 0 Å². The van der Waals surface area contributed by atoms with Crippen LogP contribution >= 0.6 is 0 Å². The van der Waals surface area contributed by atoms with E-state index in [0.29, 0.717) is 5.56 Å². The molecule has 22 heavy (non-hydrogen) atoms. The van der Waals surface area contributed by atoms with Gasteiger partial charge in [0, 0.05) is 17.7 Å². The van der Waals surface area contributed by atoms with Crippen molar-refractivity contribution in [3.05, 3.63) is 65.3 Å². The summed E-state index contributed by atoms with van der Waals surface area (Å²) in [5.41, 5.74) is 4.66. The minimum absolute atomic E-state index is 0.213. The van der Waals surface area contributed by atoms with E-state index in [-0.39, 0.29) is 5.41 Å². The lowest BCUT2D eigenvalue weighted by atomic mass is 9.80. The molecular formula is C19H20NO2+. The minimum Gasteiger partial charge on any atom is -0.478 e. The molecule has 1 heterocycles. The smallest absolute Gasteiger partial charge is 0.335 e. The quantitative estimate of drug-likeness (QED) is 0.861. The second-order valence-corrected chi connectivity index (χ2v) is 6.28. The molecule has 0 amide bonds. The van der Waals surface area contributed by atoms with Crippen LogP contribution in [0.2, 0.25) is 0 Å². The Balaban J connectivity index is 2.04. The van der Waals surface area contributed by atoms with Gasteiger partial charge in [0.2, 0.25) is 5.69 Å². The van der Waals surface area contributed by atoms with Gasteiger partial charge in [0.05, 0.1) is 11.0 Å². The third-order valence-corrected chi connectivity index (χ3v) is 4.51. The topological polar surface area (TPSA) is 40.3 Å². The van der Waals surface area contributed by atoms with Crippen LogP contribution in [-0.4, -0.2) is 28.4 Å². The van der Waals surface area contributed by atoms with Crippen LogP contribution in [0, 0.1) is 0 Å². The molecule has 0 atom stereocenters. The Bertz CT molecular complexity index is 777. The van der Waals surface area contributed by atoms with E-state index in [1.807, 2.05) is 13.1 Å². The van der Waals surface area contributed by atoms with Gasteiger partial charge in [0.1, 0.15) is 7.05 Å². The van der Waals surface area contributed by atoms with E-state index in [2.05, 4.69) is 48.8 Å². The first-order chi connectivity index (χ1) is 10.4. The highest BCUT2D eigenvalue weighted by Gasteiger charge is 2.43. The van der Waals surface area contributed by atoms with Crippen molar-refractivity contribution >= 4 is 17.4 Å². The second-order valence-electron chi connectivity index (χ2n) is 6.28. The van der Waals surface area contributed by atoms with Crippen LogP contribution in [0.1, 0.15) is 36.2 Å². The molecule has 3 rings (SSSR count). The molecule has 1 N–H and O–H groups in total. The Hall–Kier alpha value is -2.42. The predicted molar refractivity (Wildman–Crippen MR) is 88.3 cm³/mol. The van der Waals surface area contributed by atoms with Crippen LogP contribution in [0.25, 0.3) is 0 Å². The van der Waals surface area contributed by atoms with E-state index in [9.17, 15) is 9.90 Å². The van der Waals surface area contributed by atoms with Crippen LogP contribution < -0.4 is 0 Å².